The number of thiophene rings is 1. The largest absolute Gasteiger partial charge is 0.462 e. The lowest BCUT2D eigenvalue weighted by atomic mass is 10.1. The topological polar surface area (TPSA) is 119 Å². The Kier molecular flexibility index (Phi) is 6.67. The average molecular weight is 524 g/mol. The van der Waals surface area contributed by atoms with E-state index in [1.165, 1.54) is 17.5 Å². The Bertz CT molecular complexity index is 1540. The number of hydrogen-bond donors (Lipinski definition) is 2. The summed E-state index contributed by atoms with van der Waals surface area (Å²) in [6.45, 7) is 5.72. The molecule has 0 fully saturated rings. The number of nitrogens with one attached hydrogen (secondary N) is 2. The van der Waals surface area contributed by atoms with Crippen molar-refractivity contribution in [2.75, 3.05) is 11.9 Å². The van der Waals surface area contributed by atoms with Gasteiger partial charge in [0.2, 0.25) is 5.91 Å². The molecule has 1 amide bonds. The van der Waals surface area contributed by atoms with Gasteiger partial charge in [-0.2, -0.15) is 5.10 Å². The van der Waals surface area contributed by atoms with Gasteiger partial charge in [-0.05, 0) is 57.2 Å². The summed E-state index contributed by atoms with van der Waals surface area (Å²) >= 11 is 2.57. The average Bonchev–Trinajstić information content (AvgIpc) is 3.54. The molecular formula is C25H25N5O4S2. The number of anilines is 1. The summed E-state index contributed by atoms with van der Waals surface area (Å²) in [5, 5.41) is 7.88. The molecule has 1 unspecified atom stereocenters. The van der Waals surface area contributed by atoms with Crippen LogP contribution in [0.1, 0.15) is 46.6 Å². The van der Waals surface area contributed by atoms with Crippen LogP contribution < -0.4 is 10.9 Å². The van der Waals surface area contributed by atoms with E-state index in [1.807, 2.05) is 31.2 Å². The minimum absolute atomic E-state index is 0.268. The van der Waals surface area contributed by atoms with Crippen LogP contribution in [0.2, 0.25) is 0 Å². The number of para-hydroxylation sites is 1. The zero-order valence-corrected chi connectivity index (χ0v) is 21.7. The highest BCUT2D eigenvalue weighted by molar-refractivity contribution is 8.00. The standard InChI is InChI=1S/C25H25N5O4S2/c1-4-34-24(33)19-15-9-7-11-18(15)36-23(19)28-21(31)14(3)35-25-27-20-16(22(32)29-25)12-26-30(20)17-10-6-5-8-13(17)2/h5-6,8,10,12,14H,4,7,9,11H2,1-3H3,(H,28,31)(H,27,29,32). The van der Waals surface area contributed by atoms with Gasteiger partial charge < -0.3 is 15.0 Å². The lowest BCUT2D eigenvalue weighted by molar-refractivity contribution is -0.115. The van der Waals surface area contributed by atoms with E-state index in [0.717, 1.165) is 52.7 Å². The molecule has 0 saturated carbocycles. The smallest absolute Gasteiger partial charge is 0.341 e. The zero-order chi connectivity index (χ0) is 25.4. The normalized spacial score (nSPS) is 13.5. The van der Waals surface area contributed by atoms with E-state index in [0.29, 0.717) is 26.8 Å². The number of nitrogens with zero attached hydrogens (tertiary/aromatic N) is 3. The Hall–Kier alpha value is -3.44. The molecule has 1 aliphatic rings. The number of aryl methyl sites for hydroxylation is 2. The summed E-state index contributed by atoms with van der Waals surface area (Å²) in [7, 11) is 0. The quantitative estimate of drug-likeness (QED) is 0.211. The first-order chi connectivity index (χ1) is 17.4. The Labute approximate surface area is 215 Å². The van der Waals surface area contributed by atoms with Gasteiger partial charge in [0.1, 0.15) is 10.4 Å². The number of H-pyrrole nitrogens is 1. The minimum Gasteiger partial charge on any atom is -0.462 e. The molecule has 5 rings (SSSR count). The molecule has 1 aliphatic carbocycles. The molecule has 11 heteroatoms. The van der Waals surface area contributed by atoms with Crippen molar-refractivity contribution in [1.82, 2.24) is 19.7 Å². The molecular weight excluding hydrogens is 498 g/mol. The van der Waals surface area contributed by atoms with Gasteiger partial charge in [-0.25, -0.2) is 14.5 Å². The number of ether oxygens (including phenoxy) is 1. The van der Waals surface area contributed by atoms with Crippen molar-refractivity contribution in [3.8, 4) is 5.69 Å². The molecule has 0 saturated heterocycles. The van der Waals surface area contributed by atoms with Gasteiger partial charge in [0.15, 0.2) is 10.8 Å². The first-order valence-electron chi connectivity index (χ1n) is 11.7. The number of aromatic amines is 1. The molecule has 0 spiro atoms. The molecule has 186 valence electrons. The van der Waals surface area contributed by atoms with Gasteiger partial charge in [-0.15, -0.1) is 11.3 Å². The van der Waals surface area contributed by atoms with Crippen LogP contribution in [0, 0.1) is 6.92 Å². The maximum absolute atomic E-state index is 13.1. The first kappa shape index (κ1) is 24.3. The van der Waals surface area contributed by atoms with E-state index in [1.54, 1.807) is 18.5 Å². The third kappa shape index (κ3) is 4.44. The van der Waals surface area contributed by atoms with Crippen molar-refractivity contribution < 1.29 is 14.3 Å². The van der Waals surface area contributed by atoms with Crippen molar-refractivity contribution in [1.29, 1.82) is 0 Å². The fourth-order valence-corrected chi connectivity index (χ4v) is 6.35. The summed E-state index contributed by atoms with van der Waals surface area (Å²) in [5.41, 5.74) is 3.36. The Morgan fingerprint density at radius 2 is 2.11 bits per heavy atom. The van der Waals surface area contributed by atoms with Crippen LogP contribution in [0.5, 0.6) is 0 Å². The third-order valence-electron chi connectivity index (χ3n) is 6.06. The Morgan fingerprint density at radius 3 is 2.89 bits per heavy atom. The molecule has 0 bridgehead atoms. The summed E-state index contributed by atoms with van der Waals surface area (Å²) in [6.07, 6.45) is 4.19. The van der Waals surface area contributed by atoms with Crippen molar-refractivity contribution in [3.05, 3.63) is 62.4 Å². The van der Waals surface area contributed by atoms with Crippen LogP contribution >= 0.6 is 23.1 Å². The number of carbonyl (C=O) groups excluding carboxylic acids is 2. The summed E-state index contributed by atoms with van der Waals surface area (Å²) in [6, 6.07) is 7.70. The van der Waals surface area contributed by atoms with Crippen molar-refractivity contribution >= 4 is 51.0 Å². The fourth-order valence-electron chi connectivity index (χ4n) is 4.28. The SMILES string of the molecule is CCOC(=O)c1c(NC(=O)C(C)Sc2nc3c(cnn3-c3ccccc3C)c(=O)[nH]2)sc2c1CCC2. The number of amides is 1. The van der Waals surface area contributed by atoms with Crippen LogP contribution in [-0.2, 0) is 22.4 Å². The number of carbonyl (C=O) groups is 2. The Balaban J connectivity index is 1.40. The van der Waals surface area contributed by atoms with Crippen LogP contribution in [0.3, 0.4) is 0 Å². The van der Waals surface area contributed by atoms with Gasteiger partial charge in [0, 0.05) is 4.88 Å². The van der Waals surface area contributed by atoms with Crippen LogP contribution in [0.25, 0.3) is 16.7 Å². The van der Waals surface area contributed by atoms with Crippen LogP contribution in [-0.4, -0.2) is 43.5 Å². The number of hydrogen-bond acceptors (Lipinski definition) is 8. The molecule has 36 heavy (non-hydrogen) atoms. The molecule has 0 aliphatic heterocycles. The van der Waals surface area contributed by atoms with E-state index in [-0.39, 0.29) is 18.1 Å². The highest BCUT2D eigenvalue weighted by Crippen LogP contribution is 2.40. The number of aromatic nitrogens is 4. The molecule has 0 radical (unpaired) electrons. The lowest BCUT2D eigenvalue weighted by Gasteiger charge is -2.12. The van der Waals surface area contributed by atoms with Gasteiger partial charge in [-0.1, -0.05) is 30.0 Å². The number of esters is 1. The number of fused-ring (bicyclic) bond motifs is 2. The van der Waals surface area contributed by atoms with Gasteiger partial charge in [0.05, 0.1) is 29.3 Å². The van der Waals surface area contributed by atoms with Gasteiger partial charge >= 0.3 is 5.97 Å². The zero-order valence-electron chi connectivity index (χ0n) is 20.1. The summed E-state index contributed by atoms with van der Waals surface area (Å²) < 4.78 is 6.88. The van der Waals surface area contributed by atoms with Crippen molar-refractivity contribution in [2.24, 2.45) is 0 Å². The molecule has 9 nitrogen and oxygen atoms in total. The number of benzene rings is 1. The first-order valence-corrected chi connectivity index (χ1v) is 13.4. The molecule has 2 N–H and O–H groups in total. The fraction of sp³-hybridized carbons (Fsp3) is 0.320. The van der Waals surface area contributed by atoms with E-state index >= 15 is 0 Å². The summed E-state index contributed by atoms with van der Waals surface area (Å²) in [4.78, 5) is 46.9. The second-order valence-electron chi connectivity index (χ2n) is 8.48. The highest BCUT2D eigenvalue weighted by atomic mass is 32.2. The van der Waals surface area contributed by atoms with Crippen molar-refractivity contribution in [2.45, 2.75) is 50.4 Å². The van der Waals surface area contributed by atoms with Gasteiger partial charge in [-0.3, -0.25) is 9.59 Å². The molecule has 4 aromatic rings. The predicted molar refractivity (Wildman–Crippen MR) is 140 cm³/mol. The van der Waals surface area contributed by atoms with Crippen LogP contribution in [0.4, 0.5) is 5.00 Å². The second-order valence-corrected chi connectivity index (χ2v) is 10.9. The maximum Gasteiger partial charge on any atom is 0.341 e. The van der Waals surface area contributed by atoms with E-state index < -0.39 is 11.2 Å². The lowest BCUT2D eigenvalue weighted by Crippen LogP contribution is -2.24. The third-order valence-corrected chi connectivity index (χ3v) is 8.25. The monoisotopic (exact) mass is 523 g/mol. The van der Waals surface area contributed by atoms with E-state index in [4.69, 9.17) is 4.74 Å². The molecule has 1 aromatic carbocycles. The highest BCUT2D eigenvalue weighted by Gasteiger charge is 2.29. The number of rotatable bonds is 7. The minimum atomic E-state index is -0.590. The van der Waals surface area contributed by atoms with Crippen LogP contribution in [0.15, 0.2) is 40.4 Å². The Morgan fingerprint density at radius 1 is 1.31 bits per heavy atom. The molecule has 3 aromatic heterocycles. The maximum atomic E-state index is 13.1. The van der Waals surface area contributed by atoms with E-state index in [9.17, 15) is 14.4 Å². The summed E-state index contributed by atoms with van der Waals surface area (Å²) in [5.74, 6) is -0.700. The van der Waals surface area contributed by atoms with E-state index in [2.05, 4.69) is 20.4 Å². The van der Waals surface area contributed by atoms with Crippen molar-refractivity contribution in [3.63, 3.8) is 0 Å². The molecule has 1 atom stereocenters. The van der Waals surface area contributed by atoms with Gasteiger partial charge in [0.25, 0.3) is 5.56 Å². The molecule has 3 heterocycles. The second kappa shape index (κ2) is 9.90. The predicted octanol–water partition coefficient (Wildman–Crippen LogP) is 4.26. The number of thioether (sulfide) groups is 1.